The summed E-state index contributed by atoms with van der Waals surface area (Å²) >= 11 is 0. The number of aromatic nitrogens is 2. The molecule has 4 nitrogen and oxygen atoms in total. The Kier molecular flexibility index (Phi) is 3.17. The molecule has 4 heteroatoms. The van der Waals surface area contributed by atoms with Crippen molar-refractivity contribution >= 4 is 6.29 Å². The van der Waals surface area contributed by atoms with Gasteiger partial charge in [0.2, 0.25) is 0 Å². The van der Waals surface area contributed by atoms with Gasteiger partial charge in [0.15, 0.2) is 6.29 Å². The average Bonchev–Trinajstić information content (AvgIpc) is 2.98. The summed E-state index contributed by atoms with van der Waals surface area (Å²) in [4.78, 5) is 18.4. The second-order valence-electron chi connectivity index (χ2n) is 4.87. The number of ether oxygens (including phenoxy) is 1. The van der Waals surface area contributed by atoms with Crippen LogP contribution in [0.15, 0.2) is 36.5 Å². The topological polar surface area (TPSA) is 55.0 Å². The van der Waals surface area contributed by atoms with Crippen LogP contribution < -0.4 is 0 Å². The molecule has 1 saturated heterocycles. The van der Waals surface area contributed by atoms with Crippen LogP contribution in [0.5, 0.6) is 0 Å². The van der Waals surface area contributed by atoms with Crippen molar-refractivity contribution in [2.75, 3.05) is 13.2 Å². The highest BCUT2D eigenvalue weighted by Gasteiger charge is 2.38. The molecule has 0 radical (unpaired) electrons. The Morgan fingerprint density at radius 1 is 1.21 bits per heavy atom. The van der Waals surface area contributed by atoms with Gasteiger partial charge in [-0.2, -0.15) is 0 Å². The zero-order valence-electron chi connectivity index (χ0n) is 10.6. The fourth-order valence-electron chi connectivity index (χ4n) is 2.78. The second-order valence-corrected chi connectivity index (χ2v) is 4.87. The first-order valence-electron chi connectivity index (χ1n) is 6.49. The van der Waals surface area contributed by atoms with Gasteiger partial charge >= 0.3 is 0 Å². The Hall–Kier alpha value is -1.94. The van der Waals surface area contributed by atoms with E-state index in [1.54, 1.807) is 6.20 Å². The van der Waals surface area contributed by atoms with E-state index in [4.69, 9.17) is 4.74 Å². The molecule has 2 heterocycles. The zero-order valence-corrected chi connectivity index (χ0v) is 10.6. The number of carbonyl (C=O) groups is 1. The predicted octanol–water partition coefficient (Wildman–Crippen LogP) is 2.32. The molecule has 0 spiro atoms. The largest absolute Gasteiger partial charge is 0.381 e. The zero-order chi connectivity index (χ0) is 13.1. The Morgan fingerprint density at radius 3 is 2.58 bits per heavy atom. The average molecular weight is 256 g/mol. The van der Waals surface area contributed by atoms with Crippen molar-refractivity contribution < 1.29 is 9.53 Å². The van der Waals surface area contributed by atoms with Gasteiger partial charge in [0.1, 0.15) is 5.82 Å². The summed E-state index contributed by atoms with van der Waals surface area (Å²) in [5, 5.41) is 0. The fourth-order valence-corrected chi connectivity index (χ4v) is 2.78. The normalized spacial score (nSPS) is 18.1. The van der Waals surface area contributed by atoms with Gasteiger partial charge in [-0.05, 0) is 18.4 Å². The molecule has 1 fully saturated rings. The number of benzene rings is 1. The molecule has 0 bridgehead atoms. The maximum atomic E-state index is 10.8. The third-order valence-electron chi connectivity index (χ3n) is 3.85. The number of hydrogen-bond acceptors (Lipinski definition) is 3. The van der Waals surface area contributed by atoms with E-state index < -0.39 is 0 Å². The van der Waals surface area contributed by atoms with Crippen molar-refractivity contribution in [3.05, 3.63) is 53.6 Å². The van der Waals surface area contributed by atoms with E-state index in [-0.39, 0.29) is 5.41 Å². The molecule has 19 heavy (non-hydrogen) atoms. The van der Waals surface area contributed by atoms with Gasteiger partial charge < -0.3 is 9.72 Å². The van der Waals surface area contributed by atoms with Gasteiger partial charge in [-0.15, -0.1) is 0 Å². The van der Waals surface area contributed by atoms with E-state index >= 15 is 0 Å². The van der Waals surface area contributed by atoms with Crippen molar-refractivity contribution in [2.24, 2.45) is 0 Å². The number of hydrogen-bond donors (Lipinski definition) is 1. The van der Waals surface area contributed by atoms with Crippen LogP contribution in [0.3, 0.4) is 0 Å². The summed E-state index contributed by atoms with van der Waals surface area (Å²) < 4.78 is 5.49. The minimum atomic E-state index is -0.166. The highest BCUT2D eigenvalue weighted by atomic mass is 16.5. The van der Waals surface area contributed by atoms with Gasteiger partial charge in [0.05, 0.1) is 17.3 Å². The maximum absolute atomic E-state index is 10.8. The Labute approximate surface area is 111 Å². The first-order valence-corrected chi connectivity index (χ1v) is 6.49. The van der Waals surface area contributed by atoms with Crippen LogP contribution in [0.4, 0.5) is 0 Å². The molecule has 0 unspecified atom stereocenters. The number of nitrogens with zero attached hydrogens (tertiary/aromatic N) is 1. The summed E-state index contributed by atoms with van der Waals surface area (Å²) in [6.07, 6.45) is 4.16. The quantitative estimate of drug-likeness (QED) is 0.857. The lowest BCUT2D eigenvalue weighted by molar-refractivity contribution is 0.0607. The lowest BCUT2D eigenvalue weighted by Crippen LogP contribution is -2.36. The smallest absolute Gasteiger partial charge is 0.167 e. The third-order valence-corrected chi connectivity index (χ3v) is 3.85. The van der Waals surface area contributed by atoms with Crippen molar-refractivity contribution in [3.63, 3.8) is 0 Å². The lowest BCUT2D eigenvalue weighted by Gasteiger charge is -2.36. The van der Waals surface area contributed by atoms with Crippen LogP contribution in [0.2, 0.25) is 0 Å². The number of aromatic amines is 1. The summed E-state index contributed by atoms with van der Waals surface area (Å²) in [6.45, 7) is 1.43. The highest BCUT2D eigenvalue weighted by molar-refractivity contribution is 5.71. The Morgan fingerprint density at radius 2 is 1.95 bits per heavy atom. The van der Waals surface area contributed by atoms with E-state index in [9.17, 15) is 4.79 Å². The third kappa shape index (κ3) is 2.08. The molecule has 98 valence electrons. The van der Waals surface area contributed by atoms with E-state index in [0.29, 0.717) is 18.9 Å². The van der Waals surface area contributed by atoms with Gasteiger partial charge in [-0.25, -0.2) is 4.98 Å². The molecular formula is C15H16N2O2. The monoisotopic (exact) mass is 256 g/mol. The van der Waals surface area contributed by atoms with E-state index in [2.05, 4.69) is 22.1 Å². The van der Waals surface area contributed by atoms with Gasteiger partial charge in [-0.1, -0.05) is 30.3 Å². The van der Waals surface area contributed by atoms with E-state index in [0.717, 1.165) is 25.0 Å². The summed E-state index contributed by atoms with van der Waals surface area (Å²) in [5.41, 5.74) is 1.59. The van der Waals surface area contributed by atoms with Gasteiger partial charge in [0, 0.05) is 13.2 Å². The first kappa shape index (κ1) is 12.1. The summed E-state index contributed by atoms with van der Waals surface area (Å²) in [5.74, 6) is 0.865. The minimum absolute atomic E-state index is 0.166. The first-order chi connectivity index (χ1) is 9.35. The Bertz CT molecular complexity index is 557. The summed E-state index contributed by atoms with van der Waals surface area (Å²) in [6, 6.07) is 10.3. The standard InChI is InChI=1S/C15H16N2O2/c18-11-13-10-16-14(17-13)15(6-8-19-9-7-15)12-4-2-1-3-5-12/h1-5,10-11H,6-9H2,(H,16,17). The van der Waals surface area contributed by atoms with Crippen molar-refractivity contribution in [3.8, 4) is 0 Å². The highest BCUT2D eigenvalue weighted by Crippen LogP contribution is 2.39. The Balaban J connectivity index is 2.08. The van der Waals surface area contributed by atoms with E-state index in [1.807, 2.05) is 18.2 Å². The number of carbonyl (C=O) groups excluding carboxylic acids is 1. The van der Waals surface area contributed by atoms with Crippen molar-refractivity contribution in [2.45, 2.75) is 18.3 Å². The molecule has 1 N–H and O–H groups in total. The molecule has 1 aliphatic heterocycles. The van der Waals surface area contributed by atoms with Crippen molar-refractivity contribution in [1.82, 2.24) is 9.97 Å². The summed E-state index contributed by atoms with van der Waals surface area (Å²) in [7, 11) is 0. The molecule has 3 rings (SSSR count). The van der Waals surface area contributed by atoms with E-state index in [1.165, 1.54) is 5.56 Å². The molecule has 1 aromatic heterocycles. The lowest BCUT2D eigenvalue weighted by atomic mass is 9.73. The molecule has 0 saturated carbocycles. The molecule has 0 amide bonds. The van der Waals surface area contributed by atoms with Gasteiger partial charge in [-0.3, -0.25) is 4.79 Å². The predicted molar refractivity (Wildman–Crippen MR) is 71.3 cm³/mol. The fraction of sp³-hybridized carbons (Fsp3) is 0.333. The number of imidazole rings is 1. The number of H-pyrrole nitrogens is 1. The molecule has 1 aromatic carbocycles. The molecular weight excluding hydrogens is 240 g/mol. The van der Waals surface area contributed by atoms with Crippen LogP contribution in [-0.4, -0.2) is 29.5 Å². The maximum Gasteiger partial charge on any atom is 0.167 e. The van der Waals surface area contributed by atoms with Crippen LogP contribution in [0, 0.1) is 0 Å². The minimum Gasteiger partial charge on any atom is -0.381 e. The molecule has 2 aromatic rings. The molecule has 1 aliphatic rings. The number of nitrogens with one attached hydrogen (secondary N) is 1. The number of aldehydes is 1. The number of rotatable bonds is 3. The SMILES string of the molecule is O=Cc1cnc(C2(c3ccccc3)CCOCC2)[nH]1. The van der Waals surface area contributed by atoms with Crippen LogP contribution in [0.1, 0.15) is 34.7 Å². The molecule has 0 atom stereocenters. The van der Waals surface area contributed by atoms with Crippen LogP contribution in [0.25, 0.3) is 0 Å². The van der Waals surface area contributed by atoms with Crippen LogP contribution in [-0.2, 0) is 10.2 Å². The second kappa shape index (κ2) is 4.97. The van der Waals surface area contributed by atoms with Crippen LogP contribution >= 0.6 is 0 Å². The van der Waals surface area contributed by atoms with Gasteiger partial charge in [0.25, 0.3) is 0 Å². The van der Waals surface area contributed by atoms with Crippen molar-refractivity contribution in [1.29, 1.82) is 0 Å². The molecule has 0 aliphatic carbocycles.